The monoisotopic (exact) mass is 379 g/mol. The number of amides is 1. The molecule has 0 N–H and O–H groups in total. The summed E-state index contributed by atoms with van der Waals surface area (Å²) in [5.41, 5.74) is 2.46. The van der Waals surface area contributed by atoms with Crippen LogP contribution in [0.2, 0.25) is 0 Å². The highest BCUT2D eigenvalue weighted by Gasteiger charge is 2.32. The summed E-state index contributed by atoms with van der Waals surface area (Å²) in [4.78, 5) is 19.4. The van der Waals surface area contributed by atoms with E-state index in [0.717, 1.165) is 44.6 Å². The van der Waals surface area contributed by atoms with Crippen molar-refractivity contribution < 1.29 is 4.79 Å². The van der Waals surface area contributed by atoms with Crippen molar-refractivity contribution in [3.8, 4) is 0 Å². The van der Waals surface area contributed by atoms with E-state index < -0.39 is 0 Å². The van der Waals surface area contributed by atoms with Gasteiger partial charge in [-0.3, -0.25) is 9.69 Å². The molecule has 1 aliphatic heterocycles. The number of piperidine rings is 1. The van der Waals surface area contributed by atoms with Crippen LogP contribution < -0.4 is 0 Å². The predicted octanol–water partition coefficient (Wildman–Crippen LogP) is 3.66. The normalized spacial score (nSPS) is 16.9. The number of carbonyl (C=O) groups is 1. The molecule has 0 aromatic heterocycles. The van der Waals surface area contributed by atoms with E-state index in [4.69, 9.17) is 0 Å². The maximum absolute atomic E-state index is 12.9. The van der Waals surface area contributed by atoms with Crippen molar-refractivity contribution in [1.29, 1.82) is 0 Å². The molecule has 2 aromatic rings. The molecule has 1 heterocycles. The highest BCUT2D eigenvalue weighted by atomic mass is 16.2. The molecule has 1 unspecified atom stereocenters. The van der Waals surface area contributed by atoms with Gasteiger partial charge in [0, 0.05) is 27.2 Å². The van der Waals surface area contributed by atoms with Crippen molar-refractivity contribution in [3.63, 3.8) is 0 Å². The lowest BCUT2D eigenvalue weighted by Gasteiger charge is -2.39. The van der Waals surface area contributed by atoms with Crippen molar-refractivity contribution in [1.82, 2.24) is 14.7 Å². The maximum Gasteiger partial charge on any atom is 0.244 e. The maximum atomic E-state index is 12.9. The van der Waals surface area contributed by atoms with Crippen LogP contribution in [0.25, 0.3) is 0 Å². The number of benzene rings is 2. The highest BCUT2D eigenvalue weighted by molar-refractivity contribution is 5.82. The first-order valence-electron chi connectivity index (χ1n) is 10.3. The van der Waals surface area contributed by atoms with E-state index in [1.54, 1.807) is 4.90 Å². The van der Waals surface area contributed by atoms with Crippen molar-refractivity contribution in [2.75, 3.05) is 40.8 Å². The van der Waals surface area contributed by atoms with E-state index in [1.165, 1.54) is 5.56 Å². The molecule has 2 aromatic carbocycles. The van der Waals surface area contributed by atoms with Gasteiger partial charge < -0.3 is 9.80 Å². The third-order valence-electron chi connectivity index (χ3n) is 5.67. The molecule has 28 heavy (non-hydrogen) atoms. The summed E-state index contributed by atoms with van der Waals surface area (Å²) in [6.45, 7) is 4.05. The summed E-state index contributed by atoms with van der Waals surface area (Å²) >= 11 is 0. The Bertz CT molecular complexity index is 724. The molecule has 0 spiro atoms. The van der Waals surface area contributed by atoms with Gasteiger partial charge in [-0.15, -0.1) is 0 Å². The van der Waals surface area contributed by atoms with Crippen LogP contribution in [0.1, 0.15) is 30.0 Å². The Balaban J connectivity index is 1.57. The minimum absolute atomic E-state index is 0.167. The third-order valence-corrected chi connectivity index (χ3v) is 5.67. The van der Waals surface area contributed by atoms with Crippen LogP contribution >= 0.6 is 0 Å². The highest BCUT2D eigenvalue weighted by Crippen LogP contribution is 2.28. The zero-order valence-corrected chi connectivity index (χ0v) is 17.4. The van der Waals surface area contributed by atoms with Gasteiger partial charge in [0.25, 0.3) is 0 Å². The average Bonchev–Trinajstić information content (AvgIpc) is 2.71. The largest absolute Gasteiger partial charge is 0.347 e. The first-order valence-corrected chi connectivity index (χ1v) is 10.3. The molecule has 4 nitrogen and oxygen atoms in total. The standard InChI is InChI=1S/C24H33N3O/c1-25(2)24(28)23(22-12-8-5-9-13-22)27-16-14-21(15-17-27)19-26(3)18-20-10-6-4-7-11-20/h4-13,21,23H,14-19H2,1-3H3. The number of nitrogens with zero attached hydrogens (tertiary/aromatic N) is 3. The first-order chi connectivity index (χ1) is 13.5. The number of hydrogen-bond acceptors (Lipinski definition) is 3. The van der Waals surface area contributed by atoms with Gasteiger partial charge in [0.2, 0.25) is 5.91 Å². The molecule has 0 aliphatic carbocycles. The van der Waals surface area contributed by atoms with Crippen molar-refractivity contribution in [2.45, 2.75) is 25.4 Å². The van der Waals surface area contributed by atoms with Gasteiger partial charge in [0.05, 0.1) is 0 Å². The second-order valence-electron chi connectivity index (χ2n) is 8.21. The Kier molecular flexibility index (Phi) is 7.24. The topological polar surface area (TPSA) is 26.8 Å². The molecule has 1 fully saturated rings. The van der Waals surface area contributed by atoms with E-state index in [1.807, 2.05) is 32.3 Å². The molecule has 4 heteroatoms. The molecular weight excluding hydrogens is 346 g/mol. The van der Waals surface area contributed by atoms with Crippen LogP contribution in [-0.2, 0) is 11.3 Å². The van der Waals surface area contributed by atoms with E-state index in [9.17, 15) is 4.79 Å². The predicted molar refractivity (Wildman–Crippen MR) is 115 cm³/mol. The van der Waals surface area contributed by atoms with Crippen LogP contribution in [0, 0.1) is 5.92 Å². The Morgan fingerprint density at radius 3 is 2.11 bits per heavy atom. The number of likely N-dealkylation sites (tertiary alicyclic amines) is 1. The first kappa shape index (κ1) is 20.6. The summed E-state index contributed by atoms with van der Waals surface area (Å²) in [6, 6.07) is 20.7. The van der Waals surface area contributed by atoms with Gasteiger partial charge in [-0.1, -0.05) is 60.7 Å². The molecule has 0 saturated carbocycles. The lowest BCUT2D eigenvalue weighted by molar-refractivity contribution is -0.135. The average molecular weight is 380 g/mol. The Hall–Kier alpha value is -2.17. The van der Waals surface area contributed by atoms with Gasteiger partial charge >= 0.3 is 0 Å². The number of hydrogen-bond donors (Lipinski definition) is 0. The van der Waals surface area contributed by atoms with Crippen LogP contribution in [0.4, 0.5) is 0 Å². The summed E-state index contributed by atoms with van der Waals surface area (Å²) in [6.07, 6.45) is 2.28. The molecule has 1 atom stereocenters. The lowest BCUT2D eigenvalue weighted by Crippen LogP contribution is -2.45. The molecule has 3 rings (SSSR count). The molecule has 0 bridgehead atoms. The smallest absolute Gasteiger partial charge is 0.244 e. The molecule has 1 amide bonds. The second-order valence-corrected chi connectivity index (χ2v) is 8.21. The lowest BCUT2D eigenvalue weighted by atomic mass is 9.93. The zero-order chi connectivity index (χ0) is 19.9. The number of carbonyl (C=O) groups excluding carboxylic acids is 1. The SMILES string of the molecule is CN(Cc1ccccc1)CC1CCN(C(C(=O)N(C)C)c2ccccc2)CC1. The number of likely N-dealkylation sites (N-methyl/N-ethyl adjacent to an activating group) is 1. The summed E-state index contributed by atoms with van der Waals surface area (Å²) in [5.74, 6) is 0.863. The minimum Gasteiger partial charge on any atom is -0.347 e. The van der Waals surface area contributed by atoms with Gasteiger partial charge in [0.15, 0.2) is 0 Å². The summed E-state index contributed by atoms with van der Waals surface area (Å²) in [7, 11) is 5.91. The van der Waals surface area contributed by atoms with Crippen molar-refractivity contribution in [3.05, 3.63) is 71.8 Å². The summed E-state index contributed by atoms with van der Waals surface area (Å²) < 4.78 is 0. The van der Waals surface area contributed by atoms with Gasteiger partial charge in [0.1, 0.15) is 6.04 Å². The van der Waals surface area contributed by atoms with Crippen molar-refractivity contribution in [2.24, 2.45) is 5.92 Å². The fraction of sp³-hybridized carbons (Fsp3) is 0.458. The Morgan fingerprint density at radius 2 is 1.54 bits per heavy atom. The fourth-order valence-corrected chi connectivity index (χ4v) is 4.18. The van der Waals surface area contributed by atoms with Crippen LogP contribution in [0.3, 0.4) is 0 Å². The van der Waals surface area contributed by atoms with E-state index >= 15 is 0 Å². The Labute approximate surface area is 169 Å². The van der Waals surface area contributed by atoms with Crippen molar-refractivity contribution >= 4 is 5.91 Å². The molecule has 150 valence electrons. The van der Waals surface area contributed by atoms with Gasteiger partial charge in [-0.05, 0) is 50.0 Å². The molecular formula is C24H33N3O. The molecule has 1 aliphatic rings. The van der Waals surface area contributed by atoms with E-state index in [2.05, 4.69) is 59.3 Å². The second kappa shape index (κ2) is 9.85. The van der Waals surface area contributed by atoms with Crippen LogP contribution in [-0.4, -0.2) is 61.4 Å². The quantitative estimate of drug-likeness (QED) is 0.735. The van der Waals surface area contributed by atoms with E-state index in [-0.39, 0.29) is 11.9 Å². The van der Waals surface area contributed by atoms with Crippen LogP contribution in [0.15, 0.2) is 60.7 Å². The Morgan fingerprint density at radius 1 is 0.964 bits per heavy atom. The molecule has 1 saturated heterocycles. The number of rotatable bonds is 7. The third kappa shape index (κ3) is 5.43. The van der Waals surface area contributed by atoms with Gasteiger partial charge in [-0.2, -0.15) is 0 Å². The fourth-order valence-electron chi connectivity index (χ4n) is 4.18. The minimum atomic E-state index is -0.167. The van der Waals surface area contributed by atoms with Crippen LogP contribution in [0.5, 0.6) is 0 Å². The molecule has 0 radical (unpaired) electrons. The van der Waals surface area contributed by atoms with E-state index in [0.29, 0.717) is 5.92 Å². The zero-order valence-electron chi connectivity index (χ0n) is 17.4. The van der Waals surface area contributed by atoms with Gasteiger partial charge in [-0.25, -0.2) is 0 Å². The summed E-state index contributed by atoms with van der Waals surface area (Å²) in [5, 5.41) is 0.